The lowest BCUT2D eigenvalue weighted by molar-refractivity contribution is -0.116. The summed E-state index contributed by atoms with van der Waals surface area (Å²) < 4.78 is 0. The average molecular weight is 319 g/mol. The Bertz CT molecular complexity index is 527. The van der Waals surface area contributed by atoms with E-state index in [9.17, 15) is 9.59 Å². The molecule has 0 unspecified atom stereocenters. The molecular formula is C18H29N3O2. The van der Waals surface area contributed by atoms with Crippen molar-refractivity contribution in [2.75, 3.05) is 30.9 Å². The van der Waals surface area contributed by atoms with Gasteiger partial charge in [-0.05, 0) is 31.0 Å². The van der Waals surface area contributed by atoms with Gasteiger partial charge >= 0.3 is 0 Å². The number of hydrogen-bond acceptors (Lipinski definition) is 3. The van der Waals surface area contributed by atoms with E-state index >= 15 is 0 Å². The largest absolute Gasteiger partial charge is 0.377 e. The quantitative estimate of drug-likeness (QED) is 0.686. The second-order valence-corrected chi connectivity index (χ2v) is 5.89. The molecule has 23 heavy (non-hydrogen) atoms. The molecule has 0 saturated heterocycles. The van der Waals surface area contributed by atoms with Crippen LogP contribution in [0.4, 0.5) is 11.4 Å². The van der Waals surface area contributed by atoms with Gasteiger partial charge < -0.3 is 15.5 Å². The molecule has 0 bridgehead atoms. The van der Waals surface area contributed by atoms with Gasteiger partial charge in [-0.3, -0.25) is 9.59 Å². The van der Waals surface area contributed by atoms with Crippen LogP contribution in [0.2, 0.25) is 0 Å². The van der Waals surface area contributed by atoms with Crippen molar-refractivity contribution in [1.29, 1.82) is 0 Å². The minimum absolute atomic E-state index is 0.00373. The van der Waals surface area contributed by atoms with Gasteiger partial charge in [-0.1, -0.05) is 26.7 Å². The maximum absolute atomic E-state index is 12.3. The molecule has 0 aromatic heterocycles. The van der Waals surface area contributed by atoms with Crippen molar-refractivity contribution in [3.8, 4) is 0 Å². The molecule has 0 saturated carbocycles. The molecule has 128 valence electrons. The van der Waals surface area contributed by atoms with E-state index in [1.807, 2.05) is 38.1 Å². The first-order valence-electron chi connectivity index (χ1n) is 8.39. The fourth-order valence-electron chi connectivity index (χ4n) is 2.28. The lowest BCUT2D eigenvalue weighted by Gasteiger charge is -2.18. The third-order valence-electron chi connectivity index (χ3n) is 3.55. The first-order valence-corrected chi connectivity index (χ1v) is 8.39. The van der Waals surface area contributed by atoms with Gasteiger partial charge in [-0.25, -0.2) is 0 Å². The van der Waals surface area contributed by atoms with Crippen LogP contribution in [0.15, 0.2) is 18.2 Å². The van der Waals surface area contributed by atoms with Gasteiger partial charge in [-0.2, -0.15) is 0 Å². The summed E-state index contributed by atoms with van der Waals surface area (Å²) in [5.74, 6) is -0.117. The van der Waals surface area contributed by atoms with Crippen molar-refractivity contribution in [2.45, 2.75) is 46.0 Å². The molecule has 5 nitrogen and oxygen atoms in total. The highest BCUT2D eigenvalue weighted by Crippen LogP contribution is 2.23. The summed E-state index contributed by atoms with van der Waals surface area (Å²) in [6.07, 6.45) is 4.43. The van der Waals surface area contributed by atoms with Crippen molar-refractivity contribution < 1.29 is 9.59 Å². The zero-order valence-corrected chi connectivity index (χ0v) is 14.7. The fourth-order valence-corrected chi connectivity index (χ4v) is 2.28. The highest BCUT2D eigenvalue weighted by atomic mass is 16.2. The Morgan fingerprint density at radius 2 is 1.83 bits per heavy atom. The highest BCUT2D eigenvalue weighted by Gasteiger charge is 2.14. The van der Waals surface area contributed by atoms with Crippen LogP contribution in [0.1, 0.15) is 56.3 Å². The maximum atomic E-state index is 12.3. The lowest BCUT2D eigenvalue weighted by atomic mass is 10.1. The van der Waals surface area contributed by atoms with Gasteiger partial charge in [0.05, 0.1) is 5.56 Å². The number of amides is 2. The standard InChI is InChI=1S/C18H29N3O2/c1-5-7-8-9-17(22)20-14-10-11-16(21(3)4)15(13-14)18(23)19-12-6-2/h10-11,13H,5-9,12H2,1-4H3,(H,19,23)(H,20,22). The number of unbranched alkanes of at least 4 members (excludes halogenated alkanes) is 2. The van der Waals surface area contributed by atoms with E-state index in [0.717, 1.165) is 31.4 Å². The van der Waals surface area contributed by atoms with E-state index in [1.54, 1.807) is 6.07 Å². The molecule has 5 heteroatoms. The minimum atomic E-state index is -0.113. The number of rotatable bonds is 9. The molecule has 0 aliphatic heterocycles. The summed E-state index contributed by atoms with van der Waals surface area (Å²) in [4.78, 5) is 26.2. The topological polar surface area (TPSA) is 61.4 Å². The summed E-state index contributed by atoms with van der Waals surface area (Å²) in [5, 5.41) is 5.77. The summed E-state index contributed by atoms with van der Waals surface area (Å²) in [5.41, 5.74) is 2.08. The monoisotopic (exact) mass is 319 g/mol. The van der Waals surface area contributed by atoms with E-state index in [1.165, 1.54) is 0 Å². The van der Waals surface area contributed by atoms with E-state index in [-0.39, 0.29) is 11.8 Å². The first kappa shape index (κ1) is 19.0. The summed E-state index contributed by atoms with van der Waals surface area (Å²) in [6.45, 7) is 4.76. The number of carbonyl (C=O) groups excluding carboxylic acids is 2. The SMILES string of the molecule is CCCCCC(=O)Nc1ccc(N(C)C)c(C(=O)NCCC)c1. The first-order chi connectivity index (χ1) is 11.0. The highest BCUT2D eigenvalue weighted by molar-refractivity contribution is 6.02. The molecule has 0 radical (unpaired) electrons. The Balaban J connectivity index is 2.86. The molecule has 0 heterocycles. The average Bonchev–Trinajstić information content (AvgIpc) is 2.52. The fraction of sp³-hybridized carbons (Fsp3) is 0.556. The van der Waals surface area contributed by atoms with Crippen LogP contribution in [-0.4, -0.2) is 32.5 Å². The molecule has 1 aromatic rings. The van der Waals surface area contributed by atoms with Crippen molar-refractivity contribution in [2.24, 2.45) is 0 Å². The van der Waals surface area contributed by atoms with E-state index in [4.69, 9.17) is 0 Å². The Hall–Kier alpha value is -2.04. The van der Waals surface area contributed by atoms with E-state index in [2.05, 4.69) is 17.6 Å². The number of carbonyl (C=O) groups is 2. The number of nitrogens with one attached hydrogen (secondary N) is 2. The summed E-state index contributed by atoms with van der Waals surface area (Å²) in [6, 6.07) is 5.45. The Kier molecular flexibility index (Phi) is 8.16. The lowest BCUT2D eigenvalue weighted by Crippen LogP contribution is -2.26. The van der Waals surface area contributed by atoms with Gasteiger partial charge in [0, 0.05) is 38.4 Å². The molecule has 1 rings (SSSR count). The van der Waals surface area contributed by atoms with Crippen LogP contribution in [-0.2, 0) is 4.79 Å². The zero-order valence-electron chi connectivity index (χ0n) is 14.7. The molecule has 2 amide bonds. The van der Waals surface area contributed by atoms with Crippen molar-refractivity contribution in [1.82, 2.24) is 5.32 Å². The number of nitrogens with zero attached hydrogens (tertiary/aromatic N) is 1. The van der Waals surface area contributed by atoms with E-state index in [0.29, 0.717) is 24.2 Å². The third kappa shape index (κ3) is 6.30. The Labute approximate surface area is 139 Å². The minimum Gasteiger partial charge on any atom is -0.377 e. The van der Waals surface area contributed by atoms with Crippen LogP contribution >= 0.6 is 0 Å². The molecule has 0 spiro atoms. The second kappa shape index (κ2) is 9.87. The third-order valence-corrected chi connectivity index (χ3v) is 3.55. The summed E-state index contributed by atoms with van der Waals surface area (Å²) >= 11 is 0. The predicted molar refractivity (Wildman–Crippen MR) is 96.2 cm³/mol. The molecule has 2 N–H and O–H groups in total. The molecule has 0 atom stereocenters. The smallest absolute Gasteiger partial charge is 0.253 e. The normalized spacial score (nSPS) is 10.3. The van der Waals surface area contributed by atoms with Crippen LogP contribution in [0.3, 0.4) is 0 Å². The van der Waals surface area contributed by atoms with Gasteiger partial charge in [0.2, 0.25) is 5.91 Å². The molecule has 0 aliphatic rings. The van der Waals surface area contributed by atoms with Gasteiger partial charge in [0.1, 0.15) is 0 Å². The Morgan fingerprint density at radius 1 is 1.09 bits per heavy atom. The zero-order chi connectivity index (χ0) is 17.2. The van der Waals surface area contributed by atoms with E-state index < -0.39 is 0 Å². The van der Waals surface area contributed by atoms with Crippen LogP contribution in [0.25, 0.3) is 0 Å². The number of anilines is 2. The van der Waals surface area contributed by atoms with Gasteiger partial charge in [-0.15, -0.1) is 0 Å². The number of hydrogen-bond donors (Lipinski definition) is 2. The van der Waals surface area contributed by atoms with Crippen molar-refractivity contribution >= 4 is 23.2 Å². The molecular weight excluding hydrogens is 290 g/mol. The van der Waals surface area contributed by atoms with Crippen molar-refractivity contribution in [3.05, 3.63) is 23.8 Å². The summed E-state index contributed by atoms with van der Waals surface area (Å²) in [7, 11) is 3.80. The Morgan fingerprint density at radius 3 is 2.43 bits per heavy atom. The molecule has 1 aromatic carbocycles. The molecule has 0 aliphatic carbocycles. The molecule has 0 fully saturated rings. The second-order valence-electron chi connectivity index (χ2n) is 5.89. The number of benzene rings is 1. The van der Waals surface area contributed by atoms with Crippen LogP contribution in [0.5, 0.6) is 0 Å². The van der Waals surface area contributed by atoms with Crippen LogP contribution in [0, 0.1) is 0 Å². The predicted octanol–water partition coefficient (Wildman–Crippen LogP) is 3.41. The van der Waals surface area contributed by atoms with Crippen molar-refractivity contribution in [3.63, 3.8) is 0 Å². The van der Waals surface area contributed by atoms with Gasteiger partial charge in [0.15, 0.2) is 0 Å². The maximum Gasteiger partial charge on any atom is 0.253 e. The van der Waals surface area contributed by atoms with Crippen LogP contribution < -0.4 is 15.5 Å². The van der Waals surface area contributed by atoms with Gasteiger partial charge in [0.25, 0.3) is 5.91 Å².